The molecule has 5 heterocycles. The van der Waals surface area contributed by atoms with Gasteiger partial charge in [0.1, 0.15) is 18.4 Å². The molecular formula is C24H23ClF3N9O3. The number of aromatic amines is 1. The molecule has 0 amide bonds. The number of piperazine rings is 1. The summed E-state index contributed by atoms with van der Waals surface area (Å²) in [5.41, 5.74) is 4.04. The van der Waals surface area contributed by atoms with Crippen molar-refractivity contribution in [1.82, 2.24) is 34.4 Å². The number of nitrogens with zero attached hydrogens (tertiary/aromatic N) is 7. The maximum Gasteiger partial charge on any atom is 0.490 e. The van der Waals surface area contributed by atoms with Crippen LogP contribution in [0.4, 0.5) is 24.9 Å². The molecule has 40 heavy (non-hydrogen) atoms. The third-order valence-corrected chi connectivity index (χ3v) is 6.35. The Morgan fingerprint density at radius 1 is 1.18 bits per heavy atom. The van der Waals surface area contributed by atoms with Crippen molar-refractivity contribution < 1.29 is 27.5 Å². The lowest BCUT2D eigenvalue weighted by Gasteiger charge is -2.32. The minimum atomic E-state index is -5.08. The molecule has 0 saturated carbocycles. The van der Waals surface area contributed by atoms with Crippen molar-refractivity contribution >= 4 is 51.5 Å². The summed E-state index contributed by atoms with van der Waals surface area (Å²) in [6.45, 7) is 4.12. The van der Waals surface area contributed by atoms with Gasteiger partial charge in [-0.05, 0) is 25.2 Å². The summed E-state index contributed by atoms with van der Waals surface area (Å²) in [6.07, 6.45) is -0.0333. The number of anilines is 2. The van der Waals surface area contributed by atoms with E-state index in [1.54, 1.807) is 18.9 Å². The van der Waals surface area contributed by atoms with Crippen molar-refractivity contribution in [2.75, 3.05) is 43.4 Å². The molecule has 5 aromatic rings. The molecule has 3 N–H and O–H groups in total. The standard InChI is InChI=1S/C22H22ClN9O.C2HF3O2/c1-30-5-7-31(8-6-30)22-28-20(19-21(29-22)32(13-25-19)15-4-9-33-12-15)24-11-18-26-16-3-2-14(23)10-17(16)27-18;3-2(4,5)1(6)7/h2-4,9-10,12-13H,5-8,11H2,1H3,(H,26,27)(H,24,28,29);(H,6,7). The van der Waals surface area contributed by atoms with Crippen LogP contribution in [0.1, 0.15) is 5.82 Å². The Labute approximate surface area is 229 Å². The third-order valence-electron chi connectivity index (χ3n) is 6.11. The van der Waals surface area contributed by atoms with E-state index in [-0.39, 0.29) is 0 Å². The quantitative estimate of drug-likeness (QED) is 0.281. The third kappa shape index (κ3) is 5.94. The number of carbonyl (C=O) groups is 1. The second-order valence-corrected chi connectivity index (χ2v) is 9.37. The maximum absolute atomic E-state index is 10.6. The molecule has 0 aliphatic carbocycles. The van der Waals surface area contributed by atoms with E-state index in [1.165, 1.54) is 0 Å². The van der Waals surface area contributed by atoms with E-state index in [0.29, 0.717) is 28.9 Å². The molecule has 1 fully saturated rings. The van der Waals surface area contributed by atoms with Crippen LogP contribution in [-0.2, 0) is 11.3 Å². The van der Waals surface area contributed by atoms with Crippen molar-refractivity contribution in [2.45, 2.75) is 12.7 Å². The molecular weight excluding hydrogens is 555 g/mol. The second kappa shape index (κ2) is 11.0. The van der Waals surface area contributed by atoms with Crippen LogP contribution in [0, 0.1) is 0 Å². The minimum absolute atomic E-state index is 0.458. The fraction of sp³-hybridized carbons (Fsp3) is 0.292. The Balaban J connectivity index is 0.000000411. The summed E-state index contributed by atoms with van der Waals surface area (Å²) < 4.78 is 38.9. The molecule has 16 heteroatoms. The number of halogens is 4. The van der Waals surface area contributed by atoms with Crippen LogP contribution in [-0.4, -0.2) is 84.9 Å². The number of carboxylic acids is 1. The van der Waals surface area contributed by atoms with Gasteiger partial charge in [0.2, 0.25) is 5.95 Å². The van der Waals surface area contributed by atoms with Crippen molar-refractivity contribution in [3.05, 3.63) is 54.0 Å². The first-order valence-electron chi connectivity index (χ1n) is 12.0. The van der Waals surface area contributed by atoms with Crippen LogP contribution in [0.3, 0.4) is 0 Å². The Hall–Kier alpha value is -4.37. The van der Waals surface area contributed by atoms with Crippen LogP contribution in [0.15, 0.2) is 47.5 Å². The van der Waals surface area contributed by atoms with Crippen molar-refractivity contribution in [1.29, 1.82) is 0 Å². The fourth-order valence-electron chi connectivity index (χ4n) is 4.03. The average molecular weight is 578 g/mol. The zero-order valence-electron chi connectivity index (χ0n) is 21.0. The average Bonchev–Trinajstić information content (AvgIpc) is 3.66. The predicted octanol–water partition coefficient (Wildman–Crippen LogP) is 3.94. The normalized spacial score (nSPS) is 14.4. The second-order valence-electron chi connectivity index (χ2n) is 8.93. The number of rotatable bonds is 5. The van der Waals surface area contributed by atoms with Crippen molar-refractivity contribution in [2.24, 2.45) is 0 Å². The molecule has 1 aliphatic heterocycles. The van der Waals surface area contributed by atoms with Crippen LogP contribution in [0.5, 0.6) is 0 Å². The first-order chi connectivity index (χ1) is 19.1. The van der Waals surface area contributed by atoms with Crippen molar-refractivity contribution in [3.8, 4) is 5.69 Å². The number of imidazole rings is 2. The van der Waals surface area contributed by atoms with Gasteiger partial charge in [-0.25, -0.2) is 14.8 Å². The van der Waals surface area contributed by atoms with Crippen LogP contribution in [0.25, 0.3) is 27.9 Å². The number of carboxylic acid groups (broad SMARTS) is 1. The minimum Gasteiger partial charge on any atom is -0.475 e. The van der Waals surface area contributed by atoms with Crippen LogP contribution < -0.4 is 10.2 Å². The Bertz CT molecular complexity index is 1630. The summed E-state index contributed by atoms with van der Waals surface area (Å²) in [6, 6.07) is 7.49. The van der Waals surface area contributed by atoms with E-state index in [4.69, 9.17) is 35.9 Å². The lowest BCUT2D eigenvalue weighted by Crippen LogP contribution is -2.45. The SMILES string of the molecule is CN1CCN(c2nc(NCc3nc4ccc(Cl)cc4[nH]3)c3ncn(-c4ccoc4)c3n2)CC1.O=C(O)C(F)(F)F. The molecule has 0 atom stereocenters. The number of hydrogen-bond donors (Lipinski definition) is 3. The predicted molar refractivity (Wildman–Crippen MR) is 141 cm³/mol. The Morgan fingerprint density at radius 2 is 1.93 bits per heavy atom. The van der Waals surface area contributed by atoms with Crippen LogP contribution >= 0.6 is 11.6 Å². The molecule has 1 aromatic carbocycles. The highest BCUT2D eigenvalue weighted by molar-refractivity contribution is 6.31. The molecule has 12 nitrogen and oxygen atoms in total. The van der Waals surface area contributed by atoms with E-state index in [0.717, 1.165) is 54.4 Å². The van der Waals surface area contributed by atoms with Gasteiger partial charge in [0.15, 0.2) is 17.0 Å². The van der Waals surface area contributed by atoms with Crippen molar-refractivity contribution in [3.63, 3.8) is 0 Å². The molecule has 1 aliphatic rings. The first kappa shape index (κ1) is 27.2. The molecule has 6 rings (SSSR count). The lowest BCUT2D eigenvalue weighted by atomic mass is 10.3. The summed E-state index contributed by atoms with van der Waals surface area (Å²) in [7, 11) is 2.13. The topological polar surface area (TPSA) is 141 Å². The molecule has 0 spiro atoms. The van der Waals surface area contributed by atoms with Gasteiger partial charge in [0.25, 0.3) is 0 Å². The van der Waals surface area contributed by atoms with E-state index in [9.17, 15) is 13.2 Å². The van der Waals surface area contributed by atoms with Gasteiger partial charge in [-0.1, -0.05) is 11.6 Å². The molecule has 0 bridgehead atoms. The summed E-state index contributed by atoms with van der Waals surface area (Å²) >= 11 is 6.11. The van der Waals surface area contributed by atoms with Gasteiger partial charge in [0.05, 0.1) is 29.5 Å². The van der Waals surface area contributed by atoms with Crippen LogP contribution in [0.2, 0.25) is 5.02 Å². The highest BCUT2D eigenvalue weighted by Gasteiger charge is 2.38. The highest BCUT2D eigenvalue weighted by Crippen LogP contribution is 2.26. The summed E-state index contributed by atoms with van der Waals surface area (Å²) in [5.74, 6) is -0.628. The number of alkyl halides is 3. The number of nitrogens with one attached hydrogen (secondary N) is 2. The number of hydrogen-bond acceptors (Lipinski definition) is 9. The first-order valence-corrected chi connectivity index (χ1v) is 12.4. The van der Waals surface area contributed by atoms with E-state index < -0.39 is 12.1 Å². The number of aromatic nitrogens is 6. The van der Waals surface area contributed by atoms with Gasteiger partial charge in [-0.2, -0.15) is 23.1 Å². The van der Waals surface area contributed by atoms with E-state index in [2.05, 4.69) is 37.1 Å². The molecule has 0 unspecified atom stereocenters. The molecule has 210 valence electrons. The molecule has 4 aromatic heterocycles. The van der Waals surface area contributed by atoms with Gasteiger partial charge in [0, 0.05) is 37.3 Å². The zero-order chi connectivity index (χ0) is 28.4. The zero-order valence-corrected chi connectivity index (χ0v) is 21.7. The lowest BCUT2D eigenvalue weighted by molar-refractivity contribution is -0.192. The smallest absolute Gasteiger partial charge is 0.475 e. The number of aliphatic carboxylic acids is 1. The summed E-state index contributed by atoms with van der Waals surface area (Å²) in [5, 5.41) is 11.2. The number of fused-ring (bicyclic) bond motifs is 2. The van der Waals surface area contributed by atoms with Gasteiger partial charge >= 0.3 is 12.1 Å². The van der Waals surface area contributed by atoms with E-state index in [1.807, 2.05) is 28.8 Å². The van der Waals surface area contributed by atoms with Gasteiger partial charge < -0.3 is 29.6 Å². The number of benzene rings is 1. The Morgan fingerprint density at radius 3 is 2.60 bits per heavy atom. The molecule has 0 radical (unpaired) electrons. The number of likely N-dealkylation sites (N-methyl/N-ethyl adjacent to an activating group) is 1. The number of furan rings is 1. The fourth-order valence-corrected chi connectivity index (χ4v) is 4.20. The maximum atomic E-state index is 10.6. The van der Waals surface area contributed by atoms with Gasteiger partial charge in [-0.3, -0.25) is 4.57 Å². The number of H-pyrrole nitrogens is 1. The summed E-state index contributed by atoms with van der Waals surface area (Å²) in [4.78, 5) is 35.7. The Kier molecular flexibility index (Phi) is 7.49. The molecule has 1 saturated heterocycles. The highest BCUT2D eigenvalue weighted by atomic mass is 35.5. The van der Waals surface area contributed by atoms with Gasteiger partial charge in [-0.15, -0.1) is 0 Å². The van der Waals surface area contributed by atoms with E-state index >= 15 is 0 Å². The monoisotopic (exact) mass is 577 g/mol. The largest absolute Gasteiger partial charge is 0.490 e.